The van der Waals surface area contributed by atoms with Gasteiger partial charge in [-0.15, -0.1) is 0 Å². The Labute approximate surface area is 132 Å². The van der Waals surface area contributed by atoms with Crippen LogP contribution < -0.4 is 19.3 Å². The summed E-state index contributed by atoms with van der Waals surface area (Å²) < 4.78 is 11.2. The molecule has 0 aliphatic carbocycles. The van der Waals surface area contributed by atoms with Gasteiger partial charge in [0.05, 0.1) is 14.2 Å². The van der Waals surface area contributed by atoms with Gasteiger partial charge in [0.2, 0.25) is 0 Å². The van der Waals surface area contributed by atoms with Crippen LogP contribution in [0.1, 0.15) is 0 Å². The zero-order valence-corrected chi connectivity index (χ0v) is 14.2. The van der Waals surface area contributed by atoms with Crippen LogP contribution in [0, 0.1) is 0 Å². The first-order chi connectivity index (χ1) is 10.5. The second kappa shape index (κ2) is 6.60. The Morgan fingerprint density at radius 3 is 1.27 bits per heavy atom. The van der Waals surface area contributed by atoms with Crippen molar-refractivity contribution in [3.05, 3.63) is 36.4 Å². The van der Waals surface area contributed by atoms with Crippen LogP contribution in [0.15, 0.2) is 36.4 Å². The Balaban J connectivity index is 2.56. The molecule has 0 aliphatic rings. The molecule has 22 heavy (non-hydrogen) atoms. The van der Waals surface area contributed by atoms with Crippen molar-refractivity contribution >= 4 is 11.4 Å². The lowest BCUT2D eigenvalue weighted by Crippen LogP contribution is -2.09. The van der Waals surface area contributed by atoms with Gasteiger partial charge in [-0.3, -0.25) is 0 Å². The van der Waals surface area contributed by atoms with Crippen LogP contribution >= 0.6 is 0 Å². The summed E-state index contributed by atoms with van der Waals surface area (Å²) in [4.78, 5) is 4.11. The highest BCUT2D eigenvalue weighted by molar-refractivity contribution is 5.79. The molecule has 0 atom stereocenters. The topological polar surface area (TPSA) is 24.9 Å². The zero-order valence-electron chi connectivity index (χ0n) is 14.2. The molecule has 0 saturated heterocycles. The summed E-state index contributed by atoms with van der Waals surface area (Å²) in [6, 6.07) is 12.4. The normalized spacial score (nSPS) is 10.3. The van der Waals surface area contributed by atoms with Crippen LogP contribution in [-0.2, 0) is 0 Å². The average Bonchev–Trinajstić information content (AvgIpc) is 2.53. The van der Waals surface area contributed by atoms with E-state index in [1.54, 1.807) is 14.2 Å². The van der Waals surface area contributed by atoms with Gasteiger partial charge in [0.1, 0.15) is 11.5 Å². The van der Waals surface area contributed by atoms with Gasteiger partial charge >= 0.3 is 0 Å². The molecule has 118 valence electrons. The van der Waals surface area contributed by atoms with E-state index in [1.165, 1.54) is 0 Å². The van der Waals surface area contributed by atoms with Gasteiger partial charge in [0.15, 0.2) is 0 Å². The molecule has 0 bridgehead atoms. The molecule has 0 saturated carbocycles. The third kappa shape index (κ3) is 3.11. The minimum Gasteiger partial charge on any atom is -0.496 e. The summed E-state index contributed by atoms with van der Waals surface area (Å²) in [7, 11) is 11.4. The molecule has 0 aliphatic heterocycles. The van der Waals surface area contributed by atoms with Crippen molar-refractivity contribution in [3.63, 3.8) is 0 Å². The minimum absolute atomic E-state index is 0.835. The maximum Gasteiger partial charge on any atom is 0.128 e. The lowest BCUT2D eigenvalue weighted by atomic mass is 10.0. The summed E-state index contributed by atoms with van der Waals surface area (Å²) in [6.07, 6.45) is 0. The number of nitrogens with zero attached hydrogens (tertiary/aromatic N) is 2. The van der Waals surface area contributed by atoms with E-state index in [9.17, 15) is 0 Å². The summed E-state index contributed by atoms with van der Waals surface area (Å²) in [5, 5.41) is 0. The molecule has 0 fully saturated rings. The molecule has 4 heteroatoms. The average molecular weight is 300 g/mol. The lowest BCUT2D eigenvalue weighted by Gasteiger charge is -2.19. The number of anilines is 2. The molecule has 4 nitrogen and oxygen atoms in total. The van der Waals surface area contributed by atoms with Crippen LogP contribution in [0.4, 0.5) is 11.4 Å². The van der Waals surface area contributed by atoms with E-state index in [1.807, 2.05) is 40.3 Å². The van der Waals surface area contributed by atoms with Crippen molar-refractivity contribution in [2.75, 3.05) is 52.2 Å². The second-order valence-corrected chi connectivity index (χ2v) is 5.56. The van der Waals surface area contributed by atoms with E-state index in [0.29, 0.717) is 0 Å². The summed E-state index contributed by atoms with van der Waals surface area (Å²) in [5.41, 5.74) is 4.25. The number of methoxy groups -OCH3 is 2. The van der Waals surface area contributed by atoms with Crippen LogP contribution in [0.25, 0.3) is 11.1 Å². The van der Waals surface area contributed by atoms with E-state index >= 15 is 0 Å². The molecule has 0 spiro atoms. The smallest absolute Gasteiger partial charge is 0.128 e. The minimum atomic E-state index is 0.835. The fraction of sp³-hybridized carbons (Fsp3) is 0.333. The van der Waals surface area contributed by atoms with Gasteiger partial charge in [-0.2, -0.15) is 0 Å². The van der Waals surface area contributed by atoms with E-state index in [2.05, 4.69) is 34.1 Å². The maximum atomic E-state index is 5.58. The first kappa shape index (κ1) is 16.0. The largest absolute Gasteiger partial charge is 0.496 e. The van der Waals surface area contributed by atoms with Gasteiger partial charge in [-0.05, 0) is 24.3 Å². The van der Waals surface area contributed by atoms with Crippen LogP contribution in [-0.4, -0.2) is 42.4 Å². The Bertz CT molecular complexity index is 594. The Kier molecular flexibility index (Phi) is 4.81. The molecule has 2 aromatic rings. The molecular formula is C18H24N2O2. The van der Waals surface area contributed by atoms with Gasteiger partial charge in [-0.1, -0.05) is 0 Å². The maximum absolute atomic E-state index is 5.58. The first-order valence-corrected chi connectivity index (χ1v) is 7.19. The summed E-state index contributed by atoms with van der Waals surface area (Å²) in [6.45, 7) is 0. The monoisotopic (exact) mass is 300 g/mol. The van der Waals surface area contributed by atoms with E-state index in [-0.39, 0.29) is 0 Å². The predicted molar refractivity (Wildman–Crippen MR) is 93.6 cm³/mol. The fourth-order valence-electron chi connectivity index (χ4n) is 2.36. The highest BCUT2D eigenvalue weighted by Gasteiger charge is 2.13. The fourth-order valence-corrected chi connectivity index (χ4v) is 2.36. The van der Waals surface area contributed by atoms with E-state index in [4.69, 9.17) is 9.47 Å². The van der Waals surface area contributed by atoms with Gasteiger partial charge < -0.3 is 19.3 Å². The van der Waals surface area contributed by atoms with Gasteiger partial charge in [-0.25, -0.2) is 0 Å². The standard InChI is InChI=1S/C18H24N2O2/c1-19(2)13-7-9-15(17(11-13)21-5)16-10-8-14(20(3)4)12-18(16)22-6/h7-12H,1-6H3. The highest BCUT2D eigenvalue weighted by atomic mass is 16.5. The Hall–Kier alpha value is -2.36. The van der Waals surface area contributed by atoms with E-state index in [0.717, 1.165) is 34.0 Å². The number of hydrogen-bond acceptors (Lipinski definition) is 4. The molecular weight excluding hydrogens is 276 g/mol. The van der Waals surface area contributed by atoms with Crippen molar-refractivity contribution in [2.24, 2.45) is 0 Å². The molecule has 2 rings (SSSR count). The molecule has 0 amide bonds. The Morgan fingerprint density at radius 1 is 0.636 bits per heavy atom. The van der Waals surface area contributed by atoms with Crippen molar-refractivity contribution < 1.29 is 9.47 Å². The first-order valence-electron chi connectivity index (χ1n) is 7.19. The third-order valence-electron chi connectivity index (χ3n) is 3.69. The lowest BCUT2D eigenvalue weighted by molar-refractivity contribution is 0.410. The van der Waals surface area contributed by atoms with Gasteiger partial charge in [0.25, 0.3) is 0 Å². The highest BCUT2D eigenvalue weighted by Crippen LogP contribution is 2.39. The van der Waals surface area contributed by atoms with Crippen molar-refractivity contribution in [1.82, 2.24) is 0 Å². The quantitative estimate of drug-likeness (QED) is 0.844. The predicted octanol–water partition coefficient (Wildman–Crippen LogP) is 3.50. The SMILES string of the molecule is COc1cc(N(C)C)ccc1-c1ccc(N(C)C)cc1OC. The van der Waals surface area contributed by atoms with Crippen molar-refractivity contribution in [1.29, 1.82) is 0 Å². The van der Waals surface area contributed by atoms with Gasteiger partial charge in [0, 0.05) is 62.8 Å². The van der Waals surface area contributed by atoms with E-state index < -0.39 is 0 Å². The van der Waals surface area contributed by atoms with Crippen molar-refractivity contribution in [2.45, 2.75) is 0 Å². The number of ether oxygens (including phenoxy) is 2. The zero-order chi connectivity index (χ0) is 16.3. The molecule has 0 heterocycles. The third-order valence-corrected chi connectivity index (χ3v) is 3.69. The molecule has 2 aromatic carbocycles. The van der Waals surface area contributed by atoms with Crippen LogP contribution in [0.2, 0.25) is 0 Å². The summed E-state index contributed by atoms with van der Waals surface area (Å²) in [5.74, 6) is 1.67. The second-order valence-electron chi connectivity index (χ2n) is 5.56. The summed E-state index contributed by atoms with van der Waals surface area (Å²) >= 11 is 0. The number of hydrogen-bond donors (Lipinski definition) is 0. The molecule has 0 radical (unpaired) electrons. The van der Waals surface area contributed by atoms with Crippen LogP contribution in [0.3, 0.4) is 0 Å². The van der Waals surface area contributed by atoms with Crippen molar-refractivity contribution in [3.8, 4) is 22.6 Å². The van der Waals surface area contributed by atoms with Crippen LogP contribution in [0.5, 0.6) is 11.5 Å². The number of benzene rings is 2. The molecule has 0 N–H and O–H groups in total. The molecule has 0 aromatic heterocycles. The number of rotatable bonds is 5. The molecule has 0 unspecified atom stereocenters. The Morgan fingerprint density at radius 2 is 1.00 bits per heavy atom.